The molecule has 1 heterocycles. The molecule has 1 fully saturated rings. The first-order chi connectivity index (χ1) is 16.6. The summed E-state index contributed by atoms with van der Waals surface area (Å²) in [5.74, 6) is 0. The Morgan fingerprint density at radius 1 is 0.875 bits per heavy atom. The summed E-state index contributed by atoms with van der Waals surface area (Å²) in [5, 5.41) is 0. The van der Waals surface area contributed by atoms with E-state index in [0.29, 0.717) is 0 Å². The van der Waals surface area contributed by atoms with Crippen LogP contribution in [0.25, 0.3) is 11.1 Å². The van der Waals surface area contributed by atoms with Gasteiger partial charge < -0.3 is 9.47 Å². The number of hydrogen-bond donors (Lipinski definition) is 0. The molecule has 0 aromatic heterocycles. The van der Waals surface area contributed by atoms with Crippen molar-refractivity contribution in [1.82, 2.24) is 0 Å². The third kappa shape index (κ3) is 2.03. The summed E-state index contributed by atoms with van der Waals surface area (Å²) in [6, 6.07) is -5.23. The summed E-state index contributed by atoms with van der Waals surface area (Å²) in [7, 11) is 0. The van der Waals surface area contributed by atoms with Gasteiger partial charge in [-0.3, -0.25) is 0 Å². The third-order valence-corrected chi connectivity index (χ3v) is 5.01. The maximum absolute atomic E-state index is 9.05. The van der Waals surface area contributed by atoms with Gasteiger partial charge in [0, 0.05) is 19.2 Å². The predicted molar refractivity (Wildman–Crippen MR) is 97.1 cm³/mol. The van der Waals surface area contributed by atoms with Crippen molar-refractivity contribution in [3.8, 4) is 11.1 Å². The van der Waals surface area contributed by atoms with Gasteiger partial charge >= 0.3 is 0 Å². The topological polar surface area (TPSA) is 18.5 Å². The van der Waals surface area contributed by atoms with E-state index in [1.54, 1.807) is 27.7 Å². The molecule has 2 aliphatic rings. The van der Waals surface area contributed by atoms with Gasteiger partial charge in [0.1, 0.15) is 0 Å². The van der Waals surface area contributed by atoms with Crippen LogP contribution in [0.3, 0.4) is 0 Å². The van der Waals surface area contributed by atoms with E-state index in [1.807, 2.05) is 0 Å². The first-order valence-corrected chi connectivity index (χ1v) is 7.67. The fraction of sp³-hybridized carbons (Fsp3) is 0.455. The molecule has 0 radical (unpaired) electrons. The molecule has 0 N–H and O–H groups in total. The lowest BCUT2D eigenvalue weighted by atomic mass is 9.82. The number of hydrogen-bond acceptors (Lipinski definition) is 2. The van der Waals surface area contributed by atoms with Gasteiger partial charge in [-0.05, 0) is 56.0 Å². The van der Waals surface area contributed by atoms with Crippen molar-refractivity contribution < 1.29 is 27.3 Å². The highest BCUT2D eigenvalue weighted by Gasteiger charge is 2.49. The van der Waals surface area contributed by atoms with E-state index < -0.39 is 101 Å². The standard InChI is InChI=1S/C22H26O2/c1-20(2)17-10-8-7-9-15(17)16-12-11-14(13-18(16)20)19-23-21(3,4)22(5,6)24-19/h7-13,19H,1-6H3/i1D3,2D3,7D,8D,9D,10D,11D,12D,13D. The normalized spacial score (nSPS) is 31.9. The maximum Gasteiger partial charge on any atom is 0.185 e. The van der Waals surface area contributed by atoms with Crippen LogP contribution >= 0.6 is 0 Å². The molecule has 2 nitrogen and oxygen atoms in total. The molecule has 1 aliphatic carbocycles. The van der Waals surface area contributed by atoms with Crippen LogP contribution in [-0.2, 0) is 14.9 Å². The number of benzene rings is 2. The van der Waals surface area contributed by atoms with Gasteiger partial charge in [-0.25, -0.2) is 0 Å². The van der Waals surface area contributed by atoms with Crippen LogP contribution in [0.2, 0.25) is 0 Å². The van der Waals surface area contributed by atoms with E-state index >= 15 is 0 Å². The van der Waals surface area contributed by atoms with Crippen molar-refractivity contribution in [2.75, 3.05) is 0 Å². The molecule has 0 unspecified atom stereocenters. The lowest BCUT2D eigenvalue weighted by molar-refractivity contribution is -0.0896. The number of fused-ring (bicyclic) bond motifs is 3. The van der Waals surface area contributed by atoms with E-state index in [2.05, 4.69) is 0 Å². The molecule has 0 saturated carbocycles. The van der Waals surface area contributed by atoms with Crippen LogP contribution in [0.4, 0.5) is 0 Å². The Kier molecular flexibility index (Phi) is 1.36. The highest BCUT2D eigenvalue weighted by Crippen LogP contribution is 2.51. The minimum absolute atomic E-state index is 0.344. The Balaban J connectivity index is 2.27. The average Bonchev–Trinajstić information content (AvgIpc) is 3.18. The Labute approximate surface area is 163 Å². The lowest BCUT2D eigenvalue weighted by Crippen LogP contribution is -2.41. The first kappa shape index (κ1) is 6.93. The molecular weight excluding hydrogens is 296 g/mol. The fourth-order valence-electron chi connectivity index (χ4n) is 2.87. The van der Waals surface area contributed by atoms with Crippen LogP contribution in [0, 0.1) is 0 Å². The second-order valence-corrected chi connectivity index (χ2v) is 7.13. The minimum atomic E-state index is -3.45. The van der Waals surface area contributed by atoms with Crippen molar-refractivity contribution >= 4 is 0 Å². The molecule has 2 aromatic rings. The summed E-state index contributed by atoms with van der Waals surface area (Å²) in [6.07, 6.45) is -1.40. The maximum atomic E-state index is 9.05. The van der Waals surface area contributed by atoms with E-state index in [0.717, 1.165) is 0 Å². The van der Waals surface area contributed by atoms with Crippen molar-refractivity contribution in [2.45, 2.75) is 64.3 Å². The van der Waals surface area contributed by atoms with Gasteiger partial charge in [-0.15, -0.1) is 0 Å². The molecular formula is C22H26O2. The Hall–Kier alpha value is -1.64. The monoisotopic (exact) mass is 335 g/mol. The zero-order valence-electron chi connectivity index (χ0n) is 26.9. The zero-order chi connectivity index (χ0) is 28.4. The van der Waals surface area contributed by atoms with Crippen LogP contribution in [0.1, 0.15) is 82.2 Å². The van der Waals surface area contributed by atoms with Crippen molar-refractivity contribution in [3.63, 3.8) is 0 Å². The van der Waals surface area contributed by atoms with Crippen LogP contribution in [0.15, 0.2) is 42.3 Å². The molecule has 2 heteroatoms. The molecule has 1 saturated heterocycles. The Bertz CT molecular complexity index is 1310. The lowest BCUT2D eigenvalue weighted by Gasteiger charge is -2.30. The second kappa shape index (κ2) is 4.71. The Morgan fingerprint density at radius 3 is 2.17 bits per heavy atom. The van der Waals surface area contributed by atoms with Gasteiger partial charge in [0.15, 0.2) is 6.29 Å². The third-order valence-electron chi connectivity index (χ3n) is 5.01. The van der Waals surface area contributed by atoms with Crippen LogP contribution < -0.4 is 0 Å². The van der Waals surface area contributed by atoms with E-state index in [-0.39, 0.29) is 5.56 Å². The predicted octanol–water partition coefficient (Wildman–Crippen LogP) is 5.60. The minimum Gasteiger partial charge on any atom is -0.339 e. The van der Waals surface area contributed by atoms with Crippen LogP contribution in [-0.4, -0.2) is 11.2 Å². The number of ether oxygens (including phenoxy) is 2. The van der Waals surface area contributed by atoms with Crippen molar-refractivity contribution in [3.05, 3.63) is 59.0 Å². The summed E-state index contributed by atoms with van der Waals surface area (Å²) in [6.45, 7) is -0.0466. The molecule has 1 aliphatic heterocycles. The zero-order valence-corrected chi connectivity index (χ0v) is 13.9. The SMILES string of the molecule is [2H]c1c([2H])c([2H])c2c(c1[2H])-c1c([2H])c([2H])c(C3OC(C)(C)C(C)(C)O3)c([2H])c1C2(C([2H])([2H])[2H])C([2H])([2H])[2H]. The molecule has 0 bridgehead atoms. The smallest absolute Gasteiger partial charge is 0.185 e. The summed E-state index contributed by atoms with van der Waals surface area (Å²) < 4.78 is 122. The van der Waals surface area contributed by atoms with Crippen molar-refractivity contribution in [1.29, 1.82) is 0 Å². The molecule has 4 rings (SSSR count). The highest BCUT2D eigenvalue weighted by atomic mass is 16.7. The van der Waals surface area contributed by atoms with E-state index in [1.165, 1.54) is 0 Å². The quantitative estimate of drug-likeness (QED) is 0.676. The van der Waals surface area contributed by atoms with Crippen LogP contribution in [0.5, 0.6) is 0 Å². The summed E-state index contributed by atoms with van der Waals surface area (Å²) in [4.78, 5) is 0. The summed E-state index contributed by atoms with van der Waals surface area (Å²) >= 11 is 0. The van der Waals surface area contributed by atoms with Gasteiger partial charge in [0.05, 0.1) is 20.8 Å². The Morgan fingerprint density at radius 2 is 1.50 bits per heavy atom. The fourth-order valence-corrected chi connectivity index (χ4v) is 2.87. The van der Waals surface area contributed by atoms with E-state index in [9.17, 15) is 0 Å². The van der Waals surface area contributed by atoms with Gasteiger partial charge in [0.25, 0.3) is 0 Å². The molecule has 126 valence electrons. The molecule has 24 heavy (non-hydrogen) atoms. The average molecular weight is 336 g/mol. The second-order valence-electron chi connectivity index (χ2n) is 7.13. The van der Waals surface area contributed by atoms with Crippen molar-refractivity contribution in [2.24, 2.45) is 0 Å². The molecule has 0 spiro atoms. The molecule has 0 atom stereocenters. The summed E-state index contributed by atoms with van der Waals surface area (Å²) in [5.41, 5.74) is -7.70. The van der Waals surface area contributed by atoms with Gasteiger partial charge in [-0.1, -0.05) is 50.0 Å². The van der Waals surface area contributed by atoms with Gasteiger partial charge in [-0.2, -0.15) is 0 Å². The molecule has 0 amide bonds. The van der Waals surface area contributed by atoms with E-state index in [4.69, 9.17) is 27.3 Å². The molecule has 2 aromatic carbocycles. The first-order valence-electron chi connectivity index (χ1n) is 14.2. The van der Waals surface area contributed by atoms with Gasteiger partial charge in [0.2, 0.25) is 0 Å². The highest BCUT2D eigenvalue weighted by molar-refractivity contribution is 5.80. The number of rotatable bonds is 1. The largest absolute Gasteiger partial charge is 0.339 e.